The molecule has 4 nitrogen and oxygen atoms in total. The fraction of sp³-hybridized carbons (Fsp3) is 0.867. The lowest BCUT2D eigenvalue weighted by Crippen LogP contribution is -2.40. The van der Waals surface area contributed by atoms with Gasteiger partial charge in [0.05, 0.1) is 0 Å². The van der Waals surface area contributed by atoms with Gasteiger partial charge in [-0.25, -0.2) is 0 Å². The number of amides is 1. The van der Waals surface area contributed by atoms with E-state index in [1.165, 1.54) is 0 Å². The van der Waals surface area contributed by atoms with Crippen LogP contribution in [0.5, 0.6) is 0 Å². The van der Waals surface area contributed by atoms with Crippen LogP contribution in [0.15, 0.2) is 0 Å². The maximum atomic E-state index is 12.2. The van der Waals surface area contributed by atoms with Crippen molar-refractivity contribution >= 4 is 11.7 Å². The number of carbonyl (C=O) groups is 2. The summed E-state index contributed by atoms with van der Waals surface area (Å²) >= 11 is 0. The predicted molar refractivity (Wildman–Crippen MR) is 76.9 cm³/mol. The number of carbonyl (C=O) groups excluding carboxylic acids is 2. The number of likely N-dealkylation sites (N-methyl/N-ethyl adjacent to an activating group) is 1. The first-order chi connectivity index (χ1) is 9.04. The third kappa shape index (κ3) is 5.72. The topological polar surface area (TPSA) is 49.4 Å². The molecule has 0 aromatic heterocycles. The Balaban J connectivity index is 2.46. The third-order valence-corrected chi connectivity index (χ3v) is 3.99. The zero-order valence-electron chi connectivity index (χ0n) is 12.6. The Bertz CT molecular complexity index is 303. The highest BCUT2D eigenvalue weighted by molar-refractivity contribution is 5.82. The molecule has 2 atom stereocenters. The van der Waals surface area contributed by atoms with E-state index < -0.39 is 0 Å². The van der Waals surface area contributed by atoms with E-state index in [0.717, 1.165) is 32.2 Å². The number of nitrogens with zero attached hydrogens (tertiary/aromatic N) is 1. The Morgan fingerprint density at radius 3 is 2.53 bits per heavy atom. The second-order valence-electron chi connectivity index (χ2n) is 5.84. The Morgan fingerprint density at radius 1 is 1.21 bits per heavy atom. The predicted octanol–water partition coefficient (Wildman–Crippen LogP) is 1.84. The molecule has 0 radical (unpaired) electrons. The molecular weight excluding hydrogens is 240 g/mol. The molecule has 1 aliphatic carbocycles. The fourth-order valence-corrected chi connectivity index (χ4v) is 2.77. The number of ketones is 1. The monoisotopic (exact) mass is 268 g/mol. The SMILES string of the molecule is CCC(=O)C[C@H]1CCCC[C@H]1C(=O)NCCN(C)C. The molecule has 0 aromatic carbocycles. The van der Waals surface area contributed by atoms with E-state index >= 15 is 0 Å². The molecule has 0 heterocycles. The largest absolute Gasteiger partial charge is 0.355 e. The van der Waals surface area contributed by atoms with Crippen LogP contribution in [-0.2, 0) is 9.59 Å². The minimum absolute atomic E-state index is 0.0476. The van der Waals surface area contributed by atoms with Crippen molar-refractivity contribution in [1.82, 2.24) is 10.2 Å². The number of hydrogen-bond acceptors (Lipinski definition) is 3. The van der Waals surface area contributed by atoms with Crippen molar-refractivity contribution in [3.05, 3.63) is 0 Å². The summed E-state index contributed by atoms with van der Waals surface area (Å²) in [5.74, 6) is 0.750. The molecule has 0 bridgehead atoms. The molecule has 1 fully saturated rings. The quantitative estimate of drug-likeness (QED) is 0.766. The van der Waals surface area contributed by atoms with Crippen molar-refractivity contribution in [2.24, 2.45) is 11.8 Å². The molecule has 0 spiro atoms. The summed E-state index contributed by atoms with van der Waals surface area (Å²) in [7, 11) is 3.99. The Labute approximate surface area is 116 Å². The number of hydrogen-bond donors (Lipinski definition) is 1. The van der Waals surface area contributed by atoms with E-state index in [0.29, 0.717) is 19.4 Å². The molecule has 1 saturated carbocycles. The highest BCUT2D eigenvalue weighted by Crippen LogP contribution is 2.32. The van der Waals surface area contributed by atoms with Crippen molar-refractivity contribution in [2.75, 3.05) is 27.2 Å². The second-order valence-corrected chi connectivity index (χ2v) is 5.84. The smallest absolute Gasteiger partial charge is 0.223 e. The summed E-state index contributed by atoms with van der Waals surface area (Å²) in [5, 5.41) is 3.01. The highest BCUT2D eigenvalue weighted by atomic mass is 16.2. The van der Waals surface area contributed by atoms with E-state index in [1.54, 1.807) is 0 Å². The maximum Gasteiger partial charge on any atom is 0.223 e. The summed E-state index contributed by atoms with van der Waals surface area (Å²) < 4.78 is 0. The summed E-state index contributed by atoms with van der Waals surface area (Å²) in [6, 6.07) is 0. The van der Waals surface area contributed by atoms with Gasteiger partial charge in [0.25, 0.3) is 0 Å². The van der Waals surface area contributed by atoms with Gasteiger partial charge in [-0.3, -0.25) is 9.59 Å². The van der Waals surface area contributed by atoms with Gasteiger partial charge in [-0.05, 0) is 32.9 Å². The van der Waals surface area contributed by atoms with Gasteiger partial charge < -0.3 is 10.2 Å². The van der Waals surface area contributed by atoms with Gasteiger partial charge in [0.1, 0.15) is 5.78 Å². The zero-order chi connectivity index (χ0) is 14.3. The first kappa shape index (κ1) is 16.2. The lowest BCUT2D eigenvalue weighted by atomic mass is 9.76. The normalized spacial score (nSPS) is 23.4. The average molecular weight is 268 g/mol. The van der Waals surface area contributed by atoms with Crippen LogP contribution in [0, 0.1) is 11.8 Å². The highest BCUT2D eigenvalue weighted by Gasteiger charge is 2.31. The molecule has 0 aliphatic heterocycles. The van der Waals surface area contributed by atoms with Crippen LogP contribution in [0.1, 0.15) is 45.4 Å². The van der Waals surface area contributed by atoms with Gasteiger partial charge in [-0.15, -0.1) is 0 Å². The van der Waals surface area contributed by atoms with Crippen LogP contribution in [-0.4, -0.2) is 43.8 Å². The number of rotatable bonds is 7. The van der Waals surface area contributed by atoms with E-state index in [-0.39, 0.29) is 23.5 Å². The number of nitrogens with one attached hydrogen (secondary N) is 1. The Hall–Kier alpha value is -0.900. The first-order valence-corrected chi connectivity index (χ1v) is 7.48. The zero-order valence-corrected chi connectivity index (χ0v) is 12.6. The molecule has 1 aliphatic rings. The molecule has 0 unspecified atom stereocenters. The van der Waals surface area contributed by atoms with Crippen LogP contribution < -0.4 is 5.32 Å². The third-order valence-electron chi connectivity index (χ3n) is 3.99. The van der Waals surface area contributed by atoms with Gasteiger partial charge in [0.2, 0.25) is 5.91 Å². The minimum Gasteiger partial charge on any atom is -0.355 e. The summed E-state index contributed by atoms with van der Waals surface area (Å²) in [6.07, 6.45) is 5.41. The summed E-state index contributed by atoms with van der Waals surface area (Å²) in [5.41, 5.74) is 0. The first-order valence-electron chi connectivity index (χ1n) is 7.48. The van der Waals surface area contributed by atoms with E-state index in [1.807, 2.05) is 21.0 Å². The molecule has 1 rings (SSSR count). The molecule has 4 heteroatoms. The standard InChI is InChI=1S/C15H28N2O2/c1-4-13(18)11-12-7-5-6-8-14(12)15(19)16-9-10-17(2)3/h12,14H,4-11H2,1-3H3,(H,16,19)/t12-,14-/m1/s1. The Morgan fingerprint density at radius 2 is 1.89 bits per heavy atom. The molecule has 19 heavy (non-hydrogen) atoms. The Kier molecular flexibility index (Phi) is 7.06. The van der Waals surface area contributed by atoms with Gasteiger partial charge in [0.15, 0.2) is 0 Å². The van der Waals surface area contributed by atoms with Gasteiger partial charge in [-0.1, -0.05) is 19.8 Å². The molecule has 0 aromatic rings. The van der Waals surface area contributed by atoms with Crippen molar-refractivity contribution in [3.63, 3.8) is 0 Å². The second kappa shape index (κ2) is 8.31. The molecule has 0 saturated heterocycles. The fourth-order valence-electron chi connectivity index (χ4n) is 2.77. The summed E-state index contributed by atoms with van der Waals surface area (Å²) in [6.45, 7) is 3.45. The number of Topliss-reactive ketones (excluding diaryl/α,β-unsaturated/α-hetero) is 1. The average Bonchev–Trinajstić information content (AvgIpc) is 2.38. The molecule has 110 valence electrons. The lowest BCUT2D eigenvalue weighted by Gasteiger charge is -2.30. The van der Waals surface area contributed by atoms with Gasteiger partial charge in [0, 0.05) is 31.8 Å². The van der Waals surface area contributed by atoms with Crippen LogP contribution in [0.3, 0.4) is 0 Å². The summed E-state index contributed by atoms with van der Waals surface area (Å²) in [4.78, 5) is 25.9. The van der Waals surface area contributed by atoms with Crippen molar-refractivity contribution in [1.29, 1.82) is 0 Å². The van der Waals surface area contributed by atoms with Gasteiger partial charge in [-0.2, -0.15) is 0 Å². The van der Waals surface area contributed by atoms with Crippen LogP contribution in [0.25, 0.3) is 0 Å². The van der Waals surface area contributed by atoms with Crippen molar-refractivity contribution in [3.8, 4) is 0 Å². The van der Waals surface area contributed by atoms with E-state index in [9.17, 15) is 9.59 Å². The van der Waals surface area contributed by atoms with E-state index in [2.05, 4.69) is 10.2 Å². The molecular formula is C15H28N2O2. The van der Waals surface area contributed by atoms with Crippen LogP contribution in [0.2, 0.25) is 0 Å². The van der Waals surface area contributed by atoms with Crippen molar-refractivity contribution in [2.45, 2.75) is 45.4 Å². The van der Waals surface area contributed by atoms with E-state index in [4.69, 9.17) is 0 Å². The minimum atomic E-state index is 0.0476. The molecule has 1 amide bonds. The van der Waals surface area contributed by atoms with Crippen LogP contribution >= 0.6 is 0 Å². The van der Waals surface area contributed by atoms with Crippen LogP contribution in [0.4, 0.5) is 0 Å². The lowest BCUT2D eigenvalue weighted by molar-refractivity contribution is -0.129. The van der Waals surface area contributed by atoms with Crippen molar-refractivity contribution < 1.29 is 9.59 Å². The molecule has 1 N–H and O–H groups in total. The maximum absolute atomic E-state index is 12.2. The van der Waals surface area contributed by atoms with Gasteiger partial charge >= 0.3 is 0 Å².